The molecule has 0 aliphatic carbocycles. The first-order valence-electron chi connectivity index (χ1n) is 4.74. The van der Waals surface area contributed by atoms with Crippen LogP contribution < -0.4 is 5.73 Å². The molecule has 1 amide bonds. The van der Waals surface area contributed by atoms with Crippen molar-refractivity contribution in [1.29, 1.82) is 0 Å². The minimum absolute atomic E-state index is 0.235. The van der Waals surface area contributed by atoms with Gasteiger partial charge < -0.3 is 15.4 Å². The zero-order valence-corrected chi connectivity index (χ0v) is 9.14. The van der Waals surface area contributed by atoms with Gasteiger partial charge in [-0.2, -0.15) is 26.3 Å². The minimum atomic E-state index is -4.64. The molecule has 10 heteroatoms. The summed E-state index contributed by atoms with van der Waals surface area (Å²) in [5, 5.41) is 0. The number of amides is 1. The first-order valence-corrected chi connectivity index (χ1v) is 4.74. The maximum absolute atomic E-state index is 12.0. The van der Waals surface area contributed by atoms with Gasteiger partial charge in [-0.1, -0.05) is 0 Å². The van der Waals surface area contributed by atoms with E-state index in [4.69, 9.17) is 5.73 Å². The van der Waals surface area contributed by atoms with Gasteiger partial charge >= 0.3 is 12.4 Å². The van der Waals surface area contributed by atoms with E-state index in [2.05, 4.69) is 4.74 Å². The molecule has 0 aliphatic heterocycles. The second-order valence-corrected chi connectivity index (χ2v) is 3.33. The third-order valence-electron chi connectivity index (χ3n) is 1.61. The van der Waals surface area contributed by atoms with Crippen LogP contribution in [0.1, 0.15) is 0 Å². The van der Waals surface area contributed by atoms with Crippen LogP contribution in [-0.4, -0.2) is 56.0 Å². The molecule has 0 aromatic carbocycles. The topological polar surface area (TPSA) is 55.6 Å². The summed E-state index contributed by atoms with van der Waals surface area (Å²) in [4.78, 5) is 11.5. The zero-order valence-electron chi connectivity index (χ0n) is 9.14. The number of halogens is 6. The summed E-state index contributed by atoms with van der Waals surface area (Å²) in [6, 6.07) is 0. The van der Waals surface area contributed by atoms with E-state index in [9.17, 15) is 31.1 Å². The summed E-state index contributed by atoms with van der Waals surface area (Å²) < 4.78 is 75.1. The third-order valence-corrected chi connectivity index (χ3v) is 1.61. The summed E-state index contributed by atoms with van der Waals surface area (Å²) in [5.41, 5.74) is 5.00. The Morgan fingerprint density at radius 3 is 2.06 bits per heavy atom. The molecule has 0 fully saturated rings. The third kappa shape index (κ3) is 9.05. The summed E-state index contributed by atoms with van der Waals surface area (Å²) in [6.07, 6.45) is -9.28. The molecular formula is C8H12F6N2O2. The Bertz CT molecular complexity index is 265. The van der Waals surface area contributed by atoms with E-state index in [1.54, 1.807) is 0 Å². The molecule has 18 heavy (non-hydrogen) atoms. The SMILES string of the molecule is NCCN(CC(F)(F)F)C(=O)COCC(F)(F)F. The van der Waals surface area contributed by atoms with Crippen LogP contribution in [0.2, 0.25) is 0 Å². The predicted molar refractivity (Wildman–Crippen MR) is 48.6 cm³/mol. The Balaban J connectivity index is 4.23. The van der Waals surface area contributed by atoms with Crippen molar-refractivity contribution >= 4 is 5.91 Å². The molecule has 0 spiro atoms. The van der Waals surface area contributed by atoms with Crippen molar-refractivity contribution in [3.8, 4) is 0 Å². The summed E-state index contributed by atoms with van der Waals surface area (Å²) in [6.45, 7) is -4.98. The number of alkyl halides is 6. The second kappa shape index (κ2) is 6.78. The Kier molecular flexibility index (Phi) is 6.39. The number of nitrogens with zero attached hydrogens (tertiary/aromatic N) is 1. The number of carbonyl (C=O) groups excluding carboxylic acids is 1. The van der Waals surface area contributed by atoms with Crippen LogP contribution in [0, 0.1) is 0 Å². The maximum Gasteiger partial charge on any atom is 0.411 e. The normalized spacial score (nSPS) is 12.6. The molecule has 0 saturated heterocycles. The molecule has 0 saturated carbocycles. The van der Waals surface area contributed by atoms with Gasteiger partial charge in [0.05, 0.1) is 0 Å². The fourth-order valence-corrected chi connectivity index (χ4v) is 1.01. The summed E-state index contributed by atoms with van der Waals surface area (Å²) >= 11 is 0. The van der Waals surface area contributed by atoms with Crippen molar-refractivity contribution in [2.45, 2.75) is 12.4 Å². The summed E-state index contributed by atoms with van der Waals surface area (Å²) in [7, 11) is 0. The second-order valence-electron chi connectivity index (χ2n) is 3.33. The molecular weight excluding hydrogens is 270 g/mol. The van der Waals surface area contributed by atoms with Gasteiger partial charge in [-0.25, -0.2) is 0 Å². The van der Waals surface area contributed by atoms with Gasteiger partial charge in [0.25, 0.3) is 0 Å². The number of hydrogen-bond acceptors (Lipinski definition) is 3. The molecule has 0 aromatic heterocycles. The van der Waals surface area contributed by atoms with Crippen LogP contribution in [0.5, 0.6) is 0 Å². The number of rotatable bonds is 6. The number of carbonyl (C=O) groups is 1. The predicted octanol–water partition coefficient (Wildman–Crippen LogP) is 0.915. The Morgan fingerprint density at radius 2 is 1.67 bits per heavy atom. The van der Waals surface area contributed by atoms with Gasteiger partial charge in [0.1, 0.15) is 19.8 Å². The lowest BCUT2D eigenvalue weighted by Gasteiger charge is -2.23. The van der Waals surface area contributed by atoms with E-state index in [0.717, 1.165) is 0 Å². The van der Waals surface area contributed by atoms with Crippen LogP contribution in [0.15, 0.2) is 0 Å². The van der Waals surface area contributed by atoms with Crippen molar-refractivity contribution in [3.05, 3.63) is 0 Å². The number of hydrogen-bond donors (Lipinski definition) is 1. The average molecular weight is 282 g/mol. The fourth-order valence-electron chi connectivity index (χ4n) is 1.01. The smallest absolute Gasteiger partial charge is 0.362 e. The van der Waals surface area contributed by atoms with Gasteiger partial charge in [0.2, 0.25) is 5.91 Å². The zero-order chi connectivity index (χ0) is 14.4. The first kappa shape index (κ1) is 17.0. The van der Waals surface area contributed by atoms with Crippen molar-refractivity contribution < 1.29 is 35.9 Å². The first-order chi connectivity index (χ1) is 8.05. The number of ether oxygens (including phenoxy) is 1. The average Bonchev–Trinajstić information content (AvgIpc) is 2.12. The Hall–Kier alpha value is -1.03. The highest BCUT2D eigenvalue weighted by molar-refractivity contribution is 5.77. The van der Waals surface area contributed by atoms with Crippen molar-refractivity contribution in [2.24, 2.45) is 5.73 Å². The molecule has 0 aliphatic rings. The Morgan fingerprint density at radius 1 is 1.11 bits per heavy atom. The monoisotopic (exact) mass is 282 g/mol. The largest absolute Gasteiger partial charge is 0.411 e. The molecule has 0 radical (unpaired) electrons. The standard InChI is InChI=1S/C8H12F6N2O2/c9-7(10,11)4-16(2-1-15)6(17)3-18-5-8(12,13)14/h1-5,15H2. The lowest BCUT2D eigenvalue weighted by atomic mass is 10.4. The van der Waals surface area contributed by atoms with Crippen LogP contribution >= 0.6 is 0 Å². The number of nitrogens with two attached hydrogens (primary N) is 1. The van der Waals surface area contributed by atoms with Crippen LogP contribution in [0.3, 0.4) is 0 Å². The van der Waals surface area contributed by atoms with Gasteiger partial charge in [-0.15, -0.1) is 0 Å². The lowest BCUT2D eigenvalue weighted by Crippen LogP contribution is -2.43. The summed E-state index contributed by atoms with van der Waals surface area (Å²) in [5.74, 6) is -1.19. The van der Waals surface area contributed by atoms with E-state index in [1.807, 2.05) is 0 Å². The molecule has 0 rings (SSSR count). The van der Waals surface area contributed by atoms with Gasteiger partial charge in [0.15, 0.2) is 0 Å². The quantitative estimate of drug-likeness (QED) is 0.737. The maximum atomic E-state index is 12.0. The molecule has 0 unspecified atom stereocenters. The molecule has 0 bridgehead atoms. The molecule has 0 heterocycles. The fraction of sp³-hybridized carbons (Fsp3) is 0.875. The van der Waals surface area contributed by atoms with Crippen LogP contribution in [0.4, 0.5) is 26.3 Å². The van der Waals surface area contributed by atoms with E-state index in [1.165, 1.54) is 0 Å². The Labute approximate surface area is 98.7 Å². The molecule has 0 atom stereocenters. The lowest BCUT2D eigenvalue weighted by molar-refractivity contribution is -0.182. The van der Waals surface area contributed by atoms with E-state index in [0.29, 0.717) is 4.90 Å². The van der Waals surface area contributed by atoms with Crippen LogP contribution in [0.25, 0.3) is 0 Å². The van der Waals surface area contributed by atoms with Crippen LogP contribution in [-0.2, 0) is 9.53 Å². The van der Waals surface area contributed by atoms with Crippen molar-refractivity contribution in [2.75, 3.05) is 32.8 Å². The highest BCUT2D eigenvalue weighted by atomic mass is 19.4. The molecule has 108 valence electrons. The van der Waals surface area contributed by atoms with Gasteiger partial charge in [-0.05, 0) is 0 Å². The highest BCUT2D eigenvalue weighted by Crippen LogP contribution is 2.17. The van der Waals surface area contributed by atoms with Gasteiger partial charge in [-0.3, -0.25) is 4.79 Å². The van der Waals surface area contributed by atoms with E-state index < -0.39 is 44.6 Å². The van der Waals surface area contributed by atoms with E-state index >= 15 is 0 Å². The highest BCUT2D eigenvalue weighted by Gasteiger charge is 2.33. The van der Waals surface area contributed by atoms with E-state index in [-0.39, 0.29) is 6.54 Å². The van der Waals surface area contributed by atoms with Crippen molar-refractivity contribution in [1.82, 2.24) is 4.90 Å². The minimum Gasteiger partial charge on any atom is -0.362 e. The molecule has 4 nitrogen and oxygen atoms in total. The van der Waals surface area contributed by atoms with Gasteiger partial charge in [0, 0.05) is 13.1 Å². The molecule has 0 aromatic rings. The van der Waals surface area contributed by atoms with Crippen molar-refractivity contribution in [3.63, 3.8) is 0 Å². The molecule has 2 N–H and O–H groups in total.